The van der Waals surface area contributed by atoms with Gasteiger partial charge in [-0.2, -0.15) is 0 Å². The van der Waals surface area contributed by atoms with Gasteiger partial charge < -0.3 is 29.9 Å². The predicted molar refractivity (Wildman–Crippen MR) is 135 cm³/mol. The van der Waals surface area contributed by atoms with Crippen LogP contribution in [-0.4, -0.2) is 84.1 Å². The number of methoxy groups -OCH3 is 1. The summed E-state index contributed by atoms with van der Waals surface area (Å²) >= 11 is 0. The summed E-state index contributed by atoms with van der Waals surface area (Å²) in [5.41, 5.74) is 1.03. The number of ketones is 1. The molecule has 1 aromatic rings. The normalized spacial score (nSPS) is 21.7. The van der Waals surface area contributed by atoms with Crippen LogP contribution in [0.4, 0.5) is 0 Å². The first-order valence-corrected chi connectivity index (χ1v) is 12.8. The minimum atomic E-state index is -1.27. The Kier molecular flexibility index (Phi) is 9.82. The molecular formula is C27H36N2O8. The fourth-order valence-electron chi connectivity index (χ4n) is 4.96. The van der Waals surface area contributed by atoms with E-state index in [9.17, 15) is 29.4 Å². The maximum atomic E-state index is 13.3. The number of hydrogen-bond acceptors (Lipinski definition) is 8. The topological polar surface area (TPSA) is 142 Å². The van der Waals surface area contributed by atoms with E-state index in [1.54, 1.807) is 13.0 Å². The first kappa shape index (κ1) is 28.3. The Bertz CT molecular complexity index is 1050. The Morgan fingerprint density at radius 1 is 1.19 bits per heavy atom. The van der Waals surface area contributed by atoms with Gasteiger partial charge in [-0.3, -0.25) is 19.2 Å². The monoisotopic (exact) mass is 516 g/mol. The summed E-state index contributed by atoms with van der Waals surface area (Å²) in [4.78, 5) is 51.7. The number of hydrogen-bond donors (Lipinski definition) is 3. The maximum Gasteiger partial charge on any atom is 0.290 e. The molecule has 0 bridgehead atoms. The minimum Gasteiger partial charge on any atom is -0.493 e. The van der Waals surface area contributed by atoms with E-state index >= 15 is 0 Å². The summed E-state index contributed by atoms with van der Waals surface area (Å²) in [5, 5.41) is 23.4. The smallest absolute Gasteiger partial charge is 0.290 e. The van der Waals surface area contributed by atoms with Gasteiger partial charge in [-0.05, 0) is 24.6 Å². The summed E-state index contributed by atoms with van der Waals surface area (Å²) in [6.45, 7) is 3.62. The van der Waals surface area contributed by atoms with Gasteiger partial charge in [0.15, 0.2) is 11.5 Å². The van der Waals surface area contributed by atoms with Crippen molar-refractivity contribution in [3.8, 4) is 11.5 Å². The lowest BCUT2D eigenvalue weighted by Gasteiger charge is -2.40. The van der Waals surface area contributed by atoms with Crippen molar-refractivity contribution in [3.05, 3.63) is 34.9 Å². The second-order valence-corrected chi connectivity index (χ2v) is 9.24. The molecule has 1 aliphatic heterocycles. The largest absolute Gasteiger partial charge is 0.493 e. The number of nitrogens with one attached hydrogen (secondary N) is 1. The summed E-state index contributed by atoms with van der Waals surface area (Å²) in [6, 6.07) is 2.10. The Labute approximate surface area is 216 Å². The van der Waals surface area contributed by atoms with Crippen LogP contribution in [0.2, 0.25) is 0 Å². The molecule has 4 unspecified atom stereocenters. The molecule has 10 nitrogen and oxygen atoms in total. The number of benzene rings is 1. The second-order valence-electron chi connectivity index (χ2n) is 9.24. The minimum absolute atomic E-state index is 0.000175. The SMILES string of the molecule is CCCCCCN(C(=O)C(=O)CC)C1C=C(C(=O)NCCO)C2c3cc(C=O)cc(OC)c3OC2C1O. The predicted octanol–water partition coefficient (Wildman–Crippen LogP) is 1.52. The highest BCUT2D eigenvalue weighted by atomic mass is 16.5. The average Bonchev–Trinajstić information content (AvgIpc) is 3.31. The fraction of sp³-hybridized carbons (Fsp3) is 0.556. The van der Waals surface area contributed by atoms with Crippen LogP contribution in [0.15, 0.2) is 23.8 Å². The molecule has 0 spiro atoms. The van der Waals surface area contributed by atoms with E-state index in [4.69, 9.17) is 9.47 Å². The number of aliphatic hydroxyl groups is 2. The number of aldehydes is 1. The molecule has 1 heterocycles. The molecule has 0 aromatic heterocycles. The number of carbonyl (C=O) groups is 4. The number of aliphatic hydroxyl groups excluding tert-OH is 2. The van der Waals surface area contributed by atoms with E-state index in [1.807, 2.05) is 0 Å². The molecule has 0 radical (unpaired) electrons. The highest BCUT2D eigenvalue weighted by molar-refractivity contribution is 6.36. The molecular weight excluding hydrogens is 480 g/mol. The van der Waals surface area contributed by atoms with E-state index in [0.717, 1.165) is 19.3 Å². The van der Waals surface area contributed by atoms with Gasteiger partial charge in [0.25, 0.3) is 5.91 Å². The summed E-state index contributed by atoms with van der Waals surface area (Å²) in [7, 11) is 1.42. The molecule has 0 fully saturated rings. The third kappa shape index (κ3) is 5.86. The van der Waals surface area contributed by atoms with Crippen molar-refractivity contribution in [2.45, 2.75) is 70.1 Å². The van der Waals surface area contributed by atoms with Gasteiger partial charge >= 0.3 is 0 Å². The van der Waals surface area contributed by atoms with Crippen molar-refractivity contribution in [1.29, 1.82) is 0 Å². The molecule has 1 aromatic carbocycles. The highest BCUT2D eigenvalue weighted by Gasteiger charge is 2.51. The second kappa shape index (κ2) is 12.8. The van der Waals surface area contributed by atoms with E-state index in [0.29, 0.717) is 29.6 Å². The van der Waals surface area contributed by atoms with Crippen LogP contribution in [0.3, 0.4) is 0 Å². The van der Waals surface area contributed by atoms with Crippen LogP contribution in [0, 0.1) is 0 Å². The Morgan fingerprint density at radius 2 is 1.95 bits per heavy atom. The number of amides is 2. The molecule has 2 amide bonds. The summed E-state index contributed by atoms with van der Waals surface area (Å²) in [5.74, 6) is -1.99. The van der Waals surface area contributed by atoms with Crippen LogP contribution in [0.1, 0.15) is 67.8 Å². The van der Waals surface area contributed by atoms with Crippen LogP contribution in [0.25, 0.3) is 0 Å². The van der Waals surface area contributed by atoms with Gasteiger partial charge in [0.05, 0.1) is 25.7 Å². The van der Waals surface area contributed by atoms with Crippen LogP contribution < -0.4 is 14.8 Å². The van der Waals surface area contributed by atoms with Crippen LogP contribution in [0.5, 0.6) is 11.5 Å². The quantitative estimate of drug-likeness (QED) is 0.204. The molecule has 37 heavy (non-hydrogen) atoms. The number of rotatable bonds is 13. The standard InChI is InChI=1S/C27H36N2O8/c1-4-6-7-8-10-29(27(35)20(32)5-2)19-14-18(26(34)28-9-11-30)22-17-12-16(15-31)13-21(36-3)24(17)37-25(22)23(19)33/h12-15,19,22-23,25,30,33H,4-11H2,1-3H3,(H,28,34). The van der Waals surface area contributed by atoms with Gasteiger partial charge in [-0.1, -0.05) is 33.1 Å². The van der Waals surface area contributed by atoms with Gasteiger partial charge in [-0.15, -0.1) is 0 Å². The van der Waals surface area contributed by atoms with Crippen LogP contribution >= 0.6 is 0 Å². The lowest BCUT2D eigenvalue weighted by molar-refractivity contribution is -0.148. The number of Topliss-reactive ketones (excluding diaryl/α,β-unsaturated/α-hetero) is 1. The fourth-order valence-corrected chi connectivity index (χ4v) is 4.96. The van der Waals surface area contributed by atoms with Crippen LogP contribution in [-0.2, 0) is 14.4 Å². The first-order valence-electron chi connectivity index (χ1n) is 12.8. The van der Waals surface area contributed by atoms with E-state index in [2.05, 4.69) is 12.2 Å². The third-order valence-corrected chi connectivity index (χ3v) is 6.84. The zero-order valence-electron chi connectivity index (χ0n) is 21.6. The number of nitrogens with zero attached hydrogens (tertiary/aromatic N) is 1. The number of unbranched alkanes of at least 4 members (excludes halogenated alkanes) is 3. The molecule has 0 saturated heterocycles. The van der Waals surface area contributed by atoms with E-state index < -0.39 is 41.8 Å². The number of ether oxygens (including phenoxy) is 2. The first-order chi connectivity index (χ1) is 17.8. The van der Waals surface area contributed by atoms with Crippen molar-refractivity contribution in [2.75, 3.05) is 26.8 Å². The number of fused-ring (bicyclic) bond motifs is 3. The van der Waals surface area contributed by atoms with Crippen molar-refractivity contribution < 1.29 is 38.9 Å². The molecule has 1 aliphatic carbocycles. The molecule has 202 valence electrons. The van der Waals surface area contributed by atoms with Crippen molar-refractivity contribution in [2.24, 2.45) is 0 Å². The van der Waals surface area contributed by atoms with Gasteiger partial charge in [0.1, 0.15) is 18.5 Å². The highest BCUT2D eigenvalue weighted by Crippen LogP contribution is 2.51. The number of carbonyl (C=O) groups excluding carboxylic acids is 4. The Balaban J connectivity index is 2.10. The van der Waals surface area contributed by atoms with Gasteiger partial charge in [-0.25, -0.2) is 0 Å². The summed E-state index contributed by atoms with van der Waals surface area (Å²) in [6.07, 6.45) is 3.36. The summed E-state index contributed by atoms with van der Waals surface area (Å²) < 4.78 is 11.5. The molecule has 0 saturated carbocycles. The van der Waals surface area contributed by atoms with E-state index in [-0.39, 0.29) is 37.4 Å². The molecule has 4 atom stereocenters. The van der Waals surface area contributed by atoms with E-state index in [1.165, 1.54) is 24.2 Å². The van der Waals surface area contributed by atoms with Crippen molar-refractivity contribution >= 4 is 23.9 Å². The van der Waals surface area contributed by atoms with Crippen molar-refractivity contribution in [3.63, 3.8) is 0 Å². The third-order valence-electron chi connectivity index (χ3n) is 6.84. The maximum absolute atomic E-state index is 13.3. The lowest BCUT2D eigenvalue weighted by atomic mass is 9.77. The molecule has 2 aliphatic rings. The van der Waals surface area contributed by atoms with Crippen molar-refractivity contribution in [1.82, 2.24) is 10.2 Å². The molecule has 3 N–H and O–H groups in total. The molecule has 10 heteroatoms. The molecule has 3 rings (SSSR count). The lowest BCUT2D eigenvalue weighted by Crippen LogP contribution is -2.57. The Hall–Kier alpha value is -3.24. The Morgan fingerprint density at radius 3 is 2.57 bits per heavy atom. The van der Waals surface area contributed by atoms with Gasteiger partial charge in [0, 0.05) is 36.2 Å². The zero-order valence-corrected chi connectivity index (χ0v) is 21.6. The average molecular weight is 517 g/mol. The zero-order chi connectivity index (χ0) is 27.1. The van der Waals surface area contributed by atoms with Gasteiger partial charge in [0.2, 0.25) is 11.7 Å².